The number of benzene rings is 15. The van der Waals surface area contributed by atoms with Crippen LogP contribution >= 0.6 is 47.5 Å². The van der Waals surface area contributed by atoms with Crippen LogP contribution in [0.5, 0.6) is 11.5 Å². The van der Waals surface area contributed by atoms with Gasteiger partial charge in [-0.05, 0) is 208 Å². The van der Waals surface area contributed by atoms with Crippen LogP contribution in [0.1, 0.15) is 25.7 Å². The average Bonchev–Trinajstić information content (AvgIpc) is 0.815. The first kappa shape index (κ1) is 90.3. The fourth-order valence-corrected chi connectivity index (χ4v) is 38.3. The van der Waals surface area contributed by atoms with Crippen molar-refractivity contribution in [2.24, 2.45) is 0 Å². The second-order valence-electron chi connectivity index (χ2n) is 30.4. The molecule has 15 aromatic rings. The predicted molar refractivity (Wildman–Crippen MR) is 521 cm³/mol. The van der Waals surface area contributed by atoms with Gasteiger partial charge in [-0.1, -0.05) is 303 Å². The third-order valence-electron chi connectivity index (χ3n) is 22.5. The van der Waals surface area contributed by atoms with E-state index in [0.717, 1.165) is 26.4 Å². The van der Waals surface area contributed by atoms with Crippen molar-refractivity contribution in [1.82, 2.24) is 0 Å². The van der Waals surface area contributed by atoms with Crippen LogP contribution in [0.25, 0.3) is 0 Å². The Morgan fingerprint density at radius 2 is 0.297 bits per heavy atom. The molecule has 2 aliphatic rings. The standard InChI is InChI=1S/2C45H41BP3.C6H6O2.2C4H8O.2Fe/c2*1-8-22-39(23-9-1)46(36-47(40-24-10-2-11-25-40)41-26-12-3-13-27-41,37-48(42-28-14-4-15-29-42)43-30-16-5-17-31-43)38-49(44-32-18-6-19-33-44)45-34-20-7-21-35-45;7-5-1-2-6(8)4-3-5;2*1-2-4-5-3-1;;/h2*1-35H,36-38H2;1-4,7-8H;2*1-4H2;;/q2*-1;;;;2*+2/p+4. The number of hydrogen-bond donors (Lipinski definition) is 0. The molecule has 0 spiro atoms. The van der Waals surface area contributed by atoms with Crippen LogP contribution in [0, 0.1) is 0 Å². The first-order chi connectivity index (χ1) is 57.4. The van der Waals surface area contributed by atoms with Crippen LogP contribution in [0.4, 0.5) is 0 Å². The van der Waals surface area contributed by atoms with E-state index in [-0.39, 0.29) is 45.6 Å². The zero-order valence-electron chi connectivity index (χ0n) is 67.1. The average molecular weight is 1740 g/mol. The van der Waals surface area contributed by atoms with Gasteiger partial charge in [-0.3, -0.25) is 0 Å². The molecular formula is C104H108B2Fe2O4P6+6. The Morgan fingerprint density at radius 3 is 0.407 bits per heavy atom. The van der Waals surface area contributed by atoms with Gasteiger partial charge in [-0.15, -0.1) is 11.5 Å². The van der Waals surface area contributed by atoms with Crippen molar-refractivity contribution in [2.75, 3.05) is 62.8 Å². The molecule has 0 unspecified atom stereocenters. The summed E-state index contributed by atoms with van der Waals surface area (Å²) in [6, 6.07) is 173. The van der Waals surface area contributed by atoms with E-state index in [1.54, 1.807) is 10.9 Å². The molecule has 0 amide bonds. The van der Waals surface area contributed by atoms with Crippen molar-refractivity contribution >= 4 is 134 Å². The summed E-state index contributed by atoms with van der Waals surface area (Å²) in [4.78, 5) is 0. The summed E-state index contributed by atoms with van der Waals surface area (Å²) in [5, 5.41) is 38.6. The van der Waals surface area contributed by atoms with Gasteiger partial charge < -0.3 is 19.7 Å². The topological polar surface area (TPSA) is 64.6 Å². The third-order valence-corrected chi connectivity index (χ3v) is 42.0. The Morgan fingerprint density at radius 1 is 0.178 bits per heavy atom. The van der Waals surface area contributed by atoms with Crippen molar-refractivity contribution in [3.63, 3.8) is 0 Å². The Labute approximate surface area is 731 Å². The van der Waals surface area contributed by atoms with Gasteiger partial charge in [0, 0.05) is 74.0 Å². The normalized spacial score (nSPS) is 12.3. The molecule has 0 radical (unpaired) electrons. The van der Waals surface area contributed by atoms with Crippen LogP contribution in [0.3, 0.4) is 0 Å². The fourth-order valence-electron chi connectivity index (χ4n) is 16.8. The van der Waals surface area contributed by atoms with Gasteiger partial charge in [0.2, 0.25) is 0 Å². The van der Waals surface area contributed by atoms with E-state index in [0.29, 0.717) is 0 Å². The monoisotopic (exact) mass is 1740 g/mol. The maximum Gasteiger partial charge on any atom is 2.00 e. The van der Waals surface area contributed by atoms with Gasteiger partial charge in [0.25, 0.3) is 0 Å². The molecule has 0 saturated carbocycles. The molecule has 2 fully saturated rings. The zero-order valence-corrected chi connectivity index (χ0v) is 75.3. The summed E-state index contributed by atoms with van der Waals surface area (Å²) < 4.78 is 9.89. The maximum absolute atomic E-state index is 10.3. The summed E-state index contributed by atoms with van der Waals surface area (Å²) in [5.41, 5.74) is 3.08. The van der Waals surface area contributed by atoms with Crippen molar-refractivity contribution in [2.45, 2.75) is 25.7 Å². The van der Waals surface area contributed by atoms with Crippen molar-refractivity contribution < 1.29 is 53.8 Å². The second-order valence-corrected chi connectivity index (χ2v) is 45.5. The third kappa shape index (κ3) is 26.8. The molecule has 118 heavy (non-hydrogen) atoms. The molecule has 0 N–H and O–H groups in total. The Kier molecular flexibility index (Phi) is 37.8. The van der Waals surface area contributed by atoms with E-state index in [9.17, 15) is 10.2 Å². The molecule has 2 aliphatic heterocycles. The summed E-state index contributed by atoms with van der Waals surface area (Å²) in [7, 11) is -6.95. The molecule has 594 valence electrons. The SMILES string of the molecule is C1CCOC1.C1CCOC1.[Fe+2].[Fe+2].[O-]c1ccc([O-])cc1.c1ccc([PH+](C[B-](C[PH+](c2ccccc2)c2ccccc2)(C[PH+](c2ccccc2)c2ccccc2)c2ccccc2)c2ccccc2)cc1.c1ccc([PH+](C[B-](C[PH+](c2ccccc2)c2ccccc2)(C[PH+](c2ccccc2)c2ccccc2)c2ccccc2)c2ccccc2)cc1. The quantitative estimate of drug-likeness (QED) is 0.0400. The summed E-state index contributed by atoms with van der Waals surface area (Å²) in [6.45, 7) is 4.00. The van der Waals surface area contributed by atoms with Crippen LogP contribution in [0.15, 0.2) is 449 Å². The summed E-state index contributed by atoms with van der Waals surface area (Å²) in [6.07, 6.45) is 2.93. The van der Waals surface area contributed by atoms with E-state index < -0.39 is 59.8 Å². The summed E-state index contributed by atoms with van der Waals surface area (Å²) >= 11 is 0. The van der Waals surface area contributed by atoms with E-state index in [1.807, 2.05) is 0 Å². The number of hydrogen-bond acceptors (Lipinski definition) is 4. The van der Waals surface area contributed by atoms with Crippen molar-refractivity contribution in [1.29, 1.82) is 0 Å². The Balaban J connectivity index is 0.000000187. The summed E-state index contributed by atoms with van der Waals surface area (Å²) in [5.74, 6) is -0.241. The van der Waals surface area contributed by atoms with Gasteiger partial charge >= 0.3 is 34.1 Å². The molecule has 0 atom stereocenters. The maximum atomic E-state index is 10.3. The molecule has 2 saturated heterocycles. The molecular weight excluding hydrogens is 1630 g/mol. The first-order valence-corrected chi connectivity index (χ1v) is 51.5. The van der Waals surface area contributed by atoms with Crippen molar-refractivity contribution in [3.05, 3.63) is 449 Å². The van der Waals surface area contributed by atoms with Gasteiger partial charge in [0.15, 0.2) is 0 Å². The number of rotatable bonds is 26. The van der Waals surface area contributed by atoms with Crippen molar-refractivity contribution in [3.8, 4) is 11.5 Å². The minimum absolute atomic E-state index is 0. The van der Waals surface area contributed by atoms with Crippen LogP contribution < -0.4 is 84.8 Å². The molecule has 15 aromatic carbocycles. The molecule has 0 aromatic heterocycles. The Hall–Kier alpha value is -8.43. The van der Waals surface area contributed by atoms with E-state index >= 15 is 0 Å². The molecule has 0 bridgehead atoms. The molecule has 2 heterocycles. The second kappa shape index (κ2) is 49.3. The molecule has 17 rings (SSSR count). The minimum Gasteiger partial charge on any atom is -0.872 e. The van der Waals surface area contributed by atoms with Gasteiger partial charge in [-0.25, -0.2) is 0 Å². The molecule has 0 aliphatic carbocycles. The van der Waals surface area contributed by atoms with Crippen LogP contribution in [-0.2, 0) is 43.6 Å². The van der Waals surface area contributed by atoms with E-state index in [4.69, 9.17) is 9.47 Å². The van der Waals surface area contributed by atoms with Crippen LogP contribution in [-0.4, -0.2) is 75.1 Å². The Bertz CT molecular complexity index is 4180. The van der Waals surface area contributed by atoms with Gasteiger partial charge in [-0.2, -0.15) is 10.9 Å². The van der Waals surface area contributed by atoms with Gasteiger partial charge in [0.1, 0.15) is 12.3 Å². The largest absolute Gasteiger partial charge is 2.00 e. The van der Waals surface area contributed by atoms with E-state index in [1.165, 1.54) is 150 Å². The molecule has 14 heteroatoms. The predicted octanol–water partition coefficient (Wildman–Crippen LogP) is 16.5. The van der Waals surface area contributed by atoms with E-state index in [2.05, 4.69) is 425 Å². The first-order valence-electron chi connectivity index (χ1n) is 41.3. The smallest absolute Gasteiger partial charge is 0.872 e. The van der Waals surface area contributed by atoms with Crippen LogP contribution in [0.2, 0.25) is 0 Å². The number of ether oxygens (including phenoxy) is 2. The fraction of sp³-hybridized carbons (Fsp3) is 0.135. The minimum atomic E-state index is -1.16. The van der Waals surface area contributed by atoms with Gasteiger partial charge in [0.05, 0.1) is 63.7 Å². The molecule has 4 nitrogen and oxygen atoms in total. The zero-order chi connectivity index (χ0) is 79.3.